The lowest BCUT2D eigenvalue weighted by molar-refractivity contribution is -0.121. The molecule has 0 saturated carbocycles. The van der Waals surface area contributed by atoms with Crippen molar-refractivity contribution in [3.8, 4) is 0 Å². The first-order chi connectivity index (χ1) is 8.60. The summed E-state index contributed by atoms with van der Waals surface area (Å²) >= 11 is 0. The molecule has 1 aliphatic rings. The molecule has 1 aromatic rings. The molecule has 0 fully saturated rings. The molecule has 0 bridgehead atoms. The van der Waals surface area contributed by atoms with E-state index < -0.39 is 0 Å². The van der Waals surface area contributed by atoms with Gasteiger partial charge in [0.25, 0.3) is 0 Å². The van der Waals surface area contributed by atoms with E-state index in [1.807, 2.05) is 0 Å². The van der Waals surface area contributed by atoms with E-state index in [1.165, 1.54) is 23.1 Å². The molecule has 1 aliphatic heterocycles. The molecule has 0 spiro atoms. The highest BCUT2D eigenvalue weighted by molar-refractivity contribution is 5.94. The van der Waals surface area contributed by atoms with Crippen molar-refractivity contribution in [3.63, 3.8) is 0 Å². The standard InChI is InChI=1S/C12H14FN3O2/c1-2-14-11(17)7-16-6-8-5-9(13)3-4-10(8)15-12(16)18/h3-5H,2,6-7H2,1H3,(H,14,17)(H,15,18). The van der Waals surface area contributed by atoms with Gasteiger partial charge in [-0.2, -0.15) is 0 Å². The van der Waals surface area contributed by atoms with Gasteiger partial charge in [0.15, 0.2) is 0 Å². The third kappa shape index (κ3) is 2.58. The Kier molecular flexibility index (Phi) is 3.45. The summed E-state index contributed by atoms with van der Waals surface area (Å²) < 4.78 is 13.1. The molecule has 0 aromatic heterocycles. The molecular weight excluding hydrogens is 237 g/mol. The van der Waals surface area contributed by atoms with Gasteiger partial charge >= 0.3 is 6.03 Å². The van der Waals surface area contributed by atoms with Crippen LogP contribution in [0.2, 0.25) is 0 Å². The number of hydrogen-bond acceptors (Lipinski definition) is 2. The highest BCUT2D eigenvalue weighted by Crippen LogP contribution is 2.23. The first-order valence-corrected chi connectivity index (χ1v) is 5.71. The Labute approximate surface area is 104 Å². The second-order valence-electron chi connectivity index (χ2n) is 4.04. The number of nitrogens with zero attached hydrogens (tertiary/aromatic N) is 1. The summed E-state index contributed by atoms with van der Waals surface area (Å²) in [5.41, 5.74) is 1.26. The number of anilines is 1. The van der Waals surface area contributed by atoms with Crippen molar-refractivity contribution >= 4 is 17.6 Å². The second-order valence-corrected chi connectivity index (χ2v) is 4.04. The molecule has 6 heteroatoms. The van der Waals surface area contributed by atoms with Gasteiger partial charge in [0.2, 0.25) is 5.91 Å². The van der Waals surface area contributed by atoms with Gasteiger partial charge in [-0.25, -0.2) is 9.18 Å². The van der Waals surface area contributed by atoms with Crippen LogP contribution in [0.15, 0.2) is 18.2 Å². The summed E-state index contributed by atoms with van der Waals surface area (Å²) in [6.07, 6.45) is 0. The van der Waals surface area contributed by atoms with Crippen LogP contribution in [0.5, 0.6) is 0 Å². The lowest BCUT2D eigenvalue weighted by Crippen LogP contribution is -2.44. The van der Waals surface area contributed by atoms with Crippen molar-refractivity contribution in [2.75, 3.05) is 18.4 Å². The van der Waals surface area contributed by atoms with Crippen LogP contribution in [0, 0.1) is 5.82 Å². The third-order valence-electron chi connectivity index (χ3n) is 2.67. The number of amides is 3. The predicted molar refractivity (Wildman–Crippen MR) is 64.5 cm³/mol. The van der Waals surface area contributed by atoms with Gasteiger partial charge in [-0.05, 0) is 30.7 Å². The first kappa shape index (κ1) is 12.3. The van der Waals surface area contributed by atoms with Crippen molar-refractivity contribution in [1.82, 2.24) is 10.2 Å². The number of nitrogens with one attached hydrogen (secondary N) is 2. The van der Waals surface area contributed by atoms with Crippen LogP contribution < -0.4 is 10.6 Å². The van der Waals surface area contributed by atoms with Gasteiger partial charge in [0.05, 0.1) is 6.54 Å². The highest BCUT2D eigenvalue weighted by atomic mass is 19.1. The van der Waals surface area contributed by atoms with Crippen LogP contribution in [-0.4, -0.2) is 29.9 Å². The zero-order valence-electron chi connectivity index (χ0n) is 10.00. The van der Waals surface area contributed by atoms with Crippen LogP contribution in [0.3, 0.4) is 0 Å². The molecule has 0 saturated heterocycles. The quantitative estimate of drug-likeness (QED) is 0.850. The maximum Gasteiger partial charge on any atom is 0.322 e. The molecule has 18 heavy (non-hydrogen) atoms. The Morgan fingerprint density at radius 1 is 1.56 bits per heavy atom. The van der Waals surface area contributed by atoms with E-state index >= 15 is 0 Å². The van der Waals surface area contributed by atoms with Crippen LogP contribution >= 0.6 is 0 Å². The summed E-state index contributed by atoms with van der Waals surface area (Å²) in [6.45, 7) is 2.52. The van der Waals surface area contributed by atoms with Gasteiger partial charge in [0, 0.05) is 12.2 Å². The van der Waals surface area contributed by atoms with Crippen molar-refractivity contribution < 1.29 is 14.0 Å². The van der Waals surface area contributed by atoms with Gasteiger partial charge in [-0.15, -0.1) is 0 Å². The smallest absolute Gasteiger partial charge is 0.322 e. The first-order valence-electron chi connectivity index (χ1n) is 5.71. The summed E-state index contributed by atoms with van der Waals surface area (Å²) in [7, 11) is 0. The molecule has 5 nitrogen and oxygen atoms in total. The van der Waals surface area contributed by atoms with Crippen LogP contribution in [0.4, 0.5) is 14.9 Å². The van der Waals surface area contributed by atoms with Crippen LogP contribution in [0.25, 0.3) is 0 Å². The molecular formula is C12H14FN3O2. The Morgan fingerprint density at radius 2 is 2.33 bits per heavy atom. The van der Waals surface area contributed by atoms with E-state index in [0.29, 0.717) is 17.8 Å². The van der Waals surface area contributed by atoms with Crippen molar-refractivity contribution in [1.29, 1.82) is 0 Å². The fourth-order valence-corrected chi connectivity index (χ4v) is 1.84. The largest absolute Gasteiger partial charge is 0.355 e. The zero-order valence-corrected chi connectivity index (χ0v) is 10.00. The molecule has 0 aliphatic carbocycles. The average molecular weight is 251 g/mol. The maximum absolute atomic E-state index is 13.1. The SMILES string of the molecule is CCNC(=O)CN1Cc2cc(F)ccc2NC1=O. The molecule has 96 valence electrons. The molecule has 3 amide bonds. The normalized spacial score (nSPS) is 13.9. The topological polar surface area (TPSA) is 61.4 Å². The summed E-state index contributed by atoms with van der Waals surface area (Å²) in [4.78, 5) is 24.5. The van der Waals surface area contributed by atoms with Gasteiger partial charge in [0.1, 0.15) is 12.4 Å². The minimum absolute atomic E-state index is 0.0321. The van der Waals surface area contributed by atoms with Crippen LogP contribution in [-0.2, 0) is 11.3 Å². The number of carbonyl (C=O) groups excluding carboxylic acids is 2. The Balaban J connectivity index is 2.12. The van der Waals surface area contributed by atoms with E-state index in [9.17, 15) is 14.0 Å². The van der Waals surface area contributed by atoms with Crippen molar-refractivity contribution in [3.05, 3.63) is 29.6 Å². The van der Waals surface area contributed by atoms with E-state index in [-0.39, 0.29) is 30.8 Å². The van der Waals surface area contributed by atoms with Crippen molar-refractivity contribution in [2.24, 2.45) is 0 Å². The third-order valence-corrected chi connectivity index (χ3v) is 2.67. The van der Waals surface area contributed by atoms with E-state index in [2.05, 4.69) is 10.6 Å². The number of hydrogen-bond donors (Lipinski definition) is 2. The number of likely N-dealkylation sites (N-methyl/N-ethyl adjacent to an activating group) is 1. The summed E-state index contributed by atoms with van der Waals surface area (Å²) in [5.74, 6) is -0.588. The Bertz CT molecular complexity index is 490. The molecule has 2 N–H and O–H groups in total. The van der Waals surface area contributed by atoms with Gasteiger partial charge in [-0.3, -0.25) is 4.79 Å². The average Bonchev–Trinajstić information content (AvgIpc) is 2.31. The highest BCUT2D eigenvalue weighted by Gasteiger charge is 2.24. The minimum Gasteiger partial charge on any atom is -0.355 e. The van der Waals surface area contributed by atoms with E-state index in [0.717, 1.165) is 0 Å². The van der Waals surface area contributed by atoms with Crippen molar-refractivity contribution in [2.45, 2.75) is 13.5 Å². The number of fused-ring (bicyclic) bond motifs is 1. The molecule has 0 unspecified atom stereocenters. The molecule has 0 radical (unpaired) electrons. The number of carbonyl (C=O) groups is 2. The van der Waals surface area contributed by atoms with E-state index in [4.69, 9.17) is 0 Å². The number of rotatable bonds is 3. The minimum atomic E-state index is -0.358. The summed E-state index contributed by atoms with van der Waals surface area (Å²) in [5, 5.41) is 5.24. The van der Waals surface area contributed by atoms with Gasteiger partial charge < -0.3 is 15.5 Å². The number of benzene rings is 1. The van der Waals surface area contributed by atoms with Gasteiger partial charge in [-0.1, -0.05) is 0 Å². The lowest BCUT2D eigenvalue weighted by atomic mass is 10.1. The second kappa shape index (κ2) is 5.03. The maximum atomic E-state index is 13.1. The Morgan fingerprint density at radius 3 is 3.06 bits per heavy atom. The zero-order chi connectivity index (χ0) is 13.1. The lowest BCUT2D eigenvalue weighted by Gasteiger charge is -2.28. The number of halogens is 1. The molecule has 2 rings (SSSR count). The summed E-state index contributed by atoms with van der Waals surface area (Å²) in [6, 6.07) is 3.82. The van der Waals surface area contributed by atoms with Crippen LogP contribution in [0.1, 0.15) is 12.5 Å². The monoisotopic (exact) mass is 251 g/mol. The van der Waals surface area contributed by atoms with E-state index in [1.54, 1.807) is 6.92 Å². The fraction of sp³-hybridized carbons (Fsp3) is 0.333. The predicted octanol–water partition coefficient (Wildman–Crippen LogP) is 1.31. The Hall–Kier alpha value is -2.11. The number of urea groups is 1. The fourth-order valence-electron chi connectivity index (χ4n) is 1.84. The molecule has 1 heterocycles. The molecule has 1 aromatic carbocycles. The molecule has 0 atom stereocenters.